The van der Waals surface area contributed by atoms with Crippen LogP contribution in [0.3, 0.4) is 0 Å². The number of benzene rings is 1. The molecule has 0 saturated carbocycles. The van der Waals surface area contributed by atoms with Crippen molar-refractivity contribution in [2.75, 3.05) is 11.4 Å². The fourth-order valence-corrected chi connectivity index (χ4v) is 1.99. The van der Waals surface area contributed by atoms with Crippen LogP contribution in [0.4, 0.5) is 5.69 Å². The van der Waals surface area contributed by atoms with E-state index < -0.39 is 11.5 Å². The topological polar surface area (TPSA) is 72.6 Å². The molecule has 2 N–H and O–H groups in total. The Kier molecular flexibility index (Phi) is 2.77. The van der Waals surface area contributed by atoms with Crippen molar-refractivity contribution in [2.45, 2.75) is 26.4 Å². The molecule has 0 aromatic heterocycles. The maximum absolute atomic E-state index is 12.2. The number of aryl methyl sites for hydroxylation is 1. The molecule has 1 aliphatic rings. The maximum Gasteiger partial charge on any atom is 0.271 e. The summed E-state index contributed by atoms with van der Waals surface area (Å²) in [6.45, 7) is 5.12. The first-order chi connectivity index (χ1) is 8.31. The van der Waals surface area contributed by atoms with Crippen LogP contribution in [0.1, 0.15) is 19.4 Å². The van der Waals surface area contributed by atoms with Crippen LogP contribution in [0.5, 0.6) is 5.75 Å². The van der Waals surface area contributed by atoms with Gasteiger partial charge in [-0.15, -0.1) is 0 Å². The summed E-state index contributed by atoms with van der Waals surface area (Å²) in [6, 6.07) is 5.51. The maximum atomic E-state index is 12.2. The summed E-state index contributed by atoms with van der Waals surface area (Å²) >= 11 is 0. The molecular weight excluding hydrogens is 232 g/mol. The predicted molar refractivity (Wildman–Crippen MR) is 67.4 cm³/mol. The number of nitrogens with zero attached hydrogens (tertiary/aromatic N) is 1. The van der Waals surface area contributed by atoms with Crippen molar-refractivity contribution in [1.82, 2.24) is 0 Å². The van der Waals surface area contributed by atoms with Crippen molar-refractivity contribution in [2.24, 2.45) is 5.73 Å². The van der Waals surface area contributed by atoms with Gasteiger partial charge in [0.2, 0.25) is 5.91 Å². The summed E-state index contributed by atoms with van der Waals surface area (Å²) in [7, 11) is 0. The molecule has 0 saturated heterocycles. The highest BCUT2D eigenvalue weighted by Gasteiger charge is 2.41. The Hall–Kier alpha value is -2.04. The van der Waals surface area contributed by atoms with Gasteiger partial charge in [0.25, 0.3) is 5.91 Å². The van der Waals surface area contributed by atoms with Crippen molar-refractivity contribution in [3.05, 3.63) is 23.8 Å². The lowest BCUT2D eigenvalue weighted by molar-refractivity contribution is -0.133. The van der Waals surface area contributed by atoms with Crippen molar-refractivity contribution in [3.8, 4) is 5.75 Å². The summed E-state index contributed by atoms with van der Waals surface area (Å²) in [5.41, 5.74) is 5.79. The first-order valence-corrected chi connectivity index (χ1v) is 5.71. The number of primary amides is 1. The standard InChI is InChI=1S/C13H16N2O3/c1-8-4-5-10-9(6-8)15(7-11(14)16)12(17)13(2,3)18-10/h4-6H,7H2,1-3H3,(H2,14,16). The lowest BCUT2D eigenvalue weighted by Crippen LogP contribution is -2.54. The number of nitrogens with two attached hydrogens (primary N) is 1. The van der Waals surface area contributed by atoms with Gasteiger partial charge >= 0.3 is 0 Å². The zero-order valence-corrected chi connectivity index (χ0v) is 10.7. The third kappa shape index (κ3) is 2.03. The molecule has 0 atom stereocenters. The molecule has 0 aliphatic carbocycles. The van der Waals surface area contributed by atoms with E-state index in [4.69, 9.17) is 10.5 Å². The van der Waals surface area contributed by atoms with Gasteiger partial charge < -0.3 is 10.5 Å². The minimum atomic E-state index is -0.988. The molecule has 18 heavy (non-hydrogen) atoms. The number of anilines is 1. The van der Waals surface area contributed by atoms with E-state index in [1.165, 1.54) is 4.90 Å². The molecule has 0 bridgehead atoms. The second kappa shape index (κ2) is 4.01. The SMILES string of the molecule is Cc1ccc2c(c1)N(CC(N)=O)C(=O)C(C)(C)O2. The molecule has 0 radical (unpaired) electrons. The molecule has 0 fully saturated rings. The van der Waals surface area contributed by atoms with E-state index in [0.29, 0.717) is 11.4 Å². The van der Waals surface area contributed by atoms with Gasteiger partial charge in [0.15, 0.2) is 5.60 Å². The zero-order chi connectivity index (χ0) is 13.5. The van der Waals surface area contributed by atoms with Gasteiger partial charge in [-0.25, -0.2) is 0 Å². The third-order valence-corrected chi connectivity index (χ3v) is 2.84. The second-order valence-corrected chi connectivity index (χ2v) is 4.94. The van der Waals surface area contributed by atoms with Crippen LogP contribution in [0, 0.1) is 6.92 Å². The number of fused-ring (bicyclic) bond motifs is 1. The molecule has 2 amide bonds. The Morgan fingerprint density at radius 3 is 2.72 bits per heavy atom. The van der Waals surface area contributed by atoms with Crippen molar-refractivity contribution < 1.29 is 14.3 Å². The number of rotatable bonds is 2. The van der Waals surface area contributed by atoms with E-state index in [1.54, 1.807) is 19.9 Å². The Bertz CT molecular complexity index is 523. The molecule has 1 aromatic rings. The summed E-state index contributed by atoms with van der Waals surface area (Å²) in [5, 5.41) is 0. The lowest BCUT2D eigenvalue weighted by Gasteiger charge is -2.38. The van der Waals surface area contributed by atoms with E-state index >= 15 is 0 Å². The van der Waals surface area contributed by atoms with Gasteiger partial charge in [-0.2, -0.15) is 0 Å². The van der Waals surface area contributed by atoms with Crippen LogP contribution in [-0.2, 0) is 9.59 Å². The number of carbonyl (C=O) groups is 2. The number of hydrogen-bond acceptors (Lipinski definition) is 3. The average Bonchev–Trinajstić information content (AvgIpc) is 2.25. The molecule has 1 aromatic carbocycles. The van der Waals surface area contributed by atoms with Crippen LogP contribution in [0.2, 0.25) is 0 Å². The molecule has 5 heteroatoms. The largest absolute Gasteiger partial charge is 0.476 e. The van der Waals surface area contributed by atoms with Gasteiger partial charge in [-0.3, -0.25) is 14.5 Å². The predicted octanol–water partition coefficient (Wildman–Crippen LogP) is 0.984. The lowest BCUT2D eigenvalue weighted by atomic mass is 10.0. The first kappa shape index (κ1) is 12.4. The first-order valence-electron chi connectivity index (χ1n) is 5.71. The summed E-state index contributed by atoms with van der Waals surface area (Å²) in [4.78, 5) is 24.7. The van der Waals surface area contributed by atoms with Crippen LogP contribution in [0.25, 0.3) is 0 Å². The van der Waals surface area contributed by atoms with Gasteiger partial charge in [0, 0.05) is 0 Å². The molecule has 0 spiro atoms. The van der Waals surface area contributed by atoms with Crippen LogP contribution < -0.4 is 15.4 Å². The number of amides is 2. The van der Waals surface area contributed by atoms with Crippen LogP contribution in [-0.4, -0.2) is 24.0 Å². The molecular formula is C13H16N2O3. The molecule has 1 heterocycles. The fraction of sp³-hybridized carbons (Fsp3) is 0.385. The second-order valence-electron chi connectivity index (χ2n) is 4.94. The smallest absolute Gasteiger partial charge is 0.271 e. The van der Waals surface area contributed by atoms with Gasteiger partial charge in [-0.05, 0) is 38.5 Å². The highest BCUT2D eigenvalue weighted by Crippen LogP contribution is 2.37. The van der Waals surface area contributed by atoms with Gasteiger partial charge in [0.1, 0.15) is 12.3 Å². The van der Waals surface area contributed by atoms with E-state index in [2.05, 4.69) is 0 Å². The molecule has 96 valence electrons. The van der Waals surface area contributed by atoms with Gasteiger partial charge in [0.05, 0.1) is 5.69 Å². The van der Waals surface area contributed by atoms with Gasteiger partial charge in [-0.1, -0.05) is 6.07 Å². The van der Waals surface area contributed by atoms with E-state index in [1.807, 2.05) is 19.1 Å². The minimum Gasteiger partial charge on any atom is -0.476 e. The van der Waals surface area contributed by atoms with E-state index in [-0.39, 0.29) is 12.5 Å². The minimum absolute atomic E-state index is 0.137. The average molecular weight is 248 g/mol. The summed E-state index contributed by atoms with van der Waals surface area (Å²) in [5.74, 6) is -0.223. The Balaban J connectivity index is 2.53. The Labute approximate surface area is 106 Å². The van der Waals surface area contributed by atoms with Crippen LogP contribution >= 0.6 is 0 Å². The molecule has 1 aliphatic heterocycles. The van der Waals surface area contributed by atoms with E-state index in [0.717, 1.165) is 5.56 Å². The van der Waals surface area contributed by atoms with E-state index in [9.17, 15) is 9.59 Å². The van der Waals surface area contributed by atoms with Crippen molar-refractivity contribution in [3.63, 3.8) is 0 Å². The number of hydrogen-bond donors (Lipinski definition) is 1. The Morgan fingerprint density at radius 2 is 2.11 bits per heavy atom. The Morgan fingerprint density at radius 1 is 1.44 bits per heavy atom. The number of ether oxygens (including phenoxy) is 1. The molecule has 2 rings (SSSR count). The quantitative estimate of drug-likeness (QED) is 0.848. The highest BCUT2D eigenvalue weighted by molar-refractivity contribution is 6.05. The van der Waals surface area contributed by atoms with Crippen molar-refractivity contribution in [1.29, 1.82) is 0 Å². The summed E-state index contributed by atoms with van der Waals surface area (Å²) < 4.78 is 5.66. The highest BCUT2D eigenvalue weighted by atomic mass is 16.5. The molecule has 5 nitrogen and oxygen atoms in total. The van der Waals surface area contributed by atoms with Crippen LogP contribution in [0.15, 0.2) is 18.2 Å². The summed E-state index contributed by atoms with van der Waals surface area (Å²) in [6.07, 6.45) is 0. The van der Waals surface area contributed by atoms with Crippen molar-refractivity contribution >= 4 is 17.5 Å². The number of carbonyl (C=O) groups excluding carboxylic acids is 2. The zero-order valence-electron chi connectivity index (χ0n) is 10.7. The third-order valence-electron chi connectivity index (χ3n) is 2.84. The fourth-order valence-electron chi connectivity index (χ4n) is 1.99. The monoisotopic (exact) mass is 248 g/mol. The normalized spacial score (nSPS) is 17.1. The molecule has 0 unspecified atom stereocenters.